The van der Waals surface area contributed by atoms with E-state index in [1.54, 1.807) is 25.3 Å². The Morgan fingerprint density at radius 1 is 1.23 bits per heavy atom. The van der Waals surface area contributed by atoms with Crippen LogP contribution in [-0.2, 0) is 13.0 Å². The second kappa shape index (κ2) is 5.90. The van der Waals surface area contributed by atoms with Crippen LogP contribution in [0.3, 0.4) is 0 Å². The summed E-state index contributed by atoms with van der Waals surface area (Å²) in [4.78, 5) is 14.2. The van der Waals surface area contributed by atoms with Crippen molar-refractivity contribution in [3.05, 3.63) is 64.7 Å². The Balaban J connectivity index is 1.67. The summed E-state index contributed by atoms with van der Waals surface area (Å²) in [5.41, 5.74) is 3.43. The number of amides is 1. The summed E-state index contributed by atoms with van der Waals surface area (Å²) in [6.45, 7) is 1.25. The second-order valence-electron chi connectivity index (χ2n) is 5.31. The molecule has 1 heterocycles. The molecule has 1 aliphatic rings. The zero-order valence-corrected chi connectivity index (χ0v) is 12.4. The van der Waals surface area contributed by atoms with Crippen molar-refractivity contribution in [2.75, 3.05) is 13.7 Å². The summed E-state index contributed by atoms with van der Waals surface area (Å²) in [6.07, 6.45) is 0.800. The number of nitriles is 1. The summed E-state index contributed by atoms with van der Waals surface area (Å²) in [5.74, 6) is 0.880. The fraction of sp³-hybridized carbons (Fsp3) is 0.222. The van der Waals surface area contributed by atoms with Gasteiger partial charge in [0.2, 0.25) is 0 Å². The molecule has 2 aromatic carbocycles. The van der Waals surface area contributed by atoms with Gasteiger partial charge in [-0.2, -0.15) is 5.26 Å². The van der Waals surface area contributed by atoms with Gasteiger partial charge in [0.05, 0.1) is 18.7 Å². The number of hydrogen-bond acceptors (Lipinski definition) is 3. The number of carbonyl (C=O) groups excluding carboxylic acids is 1. The van der Waals surface area contributed by atoms with E-state index in [4.69, 9.17) is 10.00 Å². The molecule has 0 saturated heterocycles. The van der Waals surface area contributed by atoms with Gasteiger partial charge in [-0.3, -0.25) is 4.79 Å². The fourth-order valence-corrected chi connectivity index (χ4v) is 2.69. The van der Waals surface area contributed by atoms with E-state index in [0.29, 0.717) is 24.2 Å². The van der Waals surface area contributed by atoms with Crippen LogP contribution < -0.4 is 4.74 Å². The molecule has 4 heteroatoms. The Bertz CT molecular complexity index is 745. The van der Waals surface area contributed by atoms with Crippen LogP contribution in [0, 0.1) is 11.3 Å². The monoisotopic (exact) mass is 292 g/mol. The Kier molecular flexibility index (Phi) is 3.80. The van der Waals surface area contributed by atoms with Crippen molar-refractivity contribution >= 4 is 5.91 Å². The molecule has 4 nitrogen and oxygen atoms in total. The highest BCUT2D eigenvalue weighted by molar-refractivity contribution is 5.98. The quantitative estimate of drug-likeness (QED) is 0.870. The van der Waals surface area contributed by atoms with Gasteiger partial charge in [0, 0.05) is 18.7 Å². The van der Waals surface area contributed by atoms with Gasteiger partial charge < -0.3 is 9.64 Å². The lowest BCUT2D eigenvalue weighted by molar-refractivity contribution is 0.0780. The van der Waals surface area contributed by atoms with Crippen molar-refractivity contribution in [1.29, 1.82) is 5.26 Å². The molecule has 0 radical (unpaired) electrons. The average molecular weight is 292 g/mol. The minimum atomic E-state index is 0.0491. The van der Waals surface area contributed by atoms with Crippen LogP contribution in [-0.4, -0.2) is 24.5 Å². The average Bonchev–Trinajstić information content (AvgIpc) is 2.89. The summed E-state index contributed by atoms with van der Waals surface area (Å²) in [5, 5.41) is 8.94. The Labute approximate surface area is 129 Å². The minimum absolute atomic E-state index is 0.0491. The lowest BCUT2D eigenvalue weighted by Gasteiger charge is -2.15. The number of carbonyl (C=O) groups is 1. The Hall–Kier alpha value is -2.80. The van der Waals surface area contributed by atoms with Gasteiger partial charge >= 0.3 is 0 Å². The lowest BCUT2D eigenvalue weighted by Crippen LogP contribution is -2.26. The SMILES string of the molecule is COc1ccc(CCN2Cc3cc(C#N)ccc3C2=O)cc1. The van der Waals surface area contributed by atoms with Crippen LogP contribution in [0.5, 0.6) is 5.75 Å². The molecule has 0 bridgehead atoms. The zero-order valence-electron chi connectivity index (χ0n) is 12.4. The van der Waals surface area contributed by atoms with Crippen LogP contribution in [0.2, 0.25) is 0 Å². The number of fused-ring (bicyclic) bond motifs is 1. The third-order valence-corrected chi connectivity index (χ3v) is 3.94. The van der Waals surface area contributed by atoms with E-state index in [1.165, 1.54) is 5.56 Å². The lowest BCUT2D eigenvalue weighted by atomic mass is 10.1. The number of nitrogens with zero attached hydrogens (tertiary/aromatic N) is 2. The normalized spacial score (nSPS) is 12.9. The van der Waals surface area contributed by atoms with Crippen molar-refractivity contribution in [3.8, 4) is 11.8 Å². The predicted molar refractivity (Wildman–Crippen MR) is 82.6 cm³/mol. The second-order valence-corrected chi connectivity index (χ2v) is 5.31. The van der Waals surface area contributed by atoms with Gasteiger partial charge in [0.15, 0.2) is 0 Å². The molecular formula is C18H16N2O2. The zero-order chi connectivity index (χ0) is 15.5. The first-order valence-corrected chi connectivity index (χ1v) is 7.16. The first kappa shape index (κ1) is 14.2. The van der Waals surface area contributed by atoms with E-state index >= 15 is 0 Å². The van der Waals surface area contributed by atoms with Crippen LogP contribution in [0.15, 0.2) is 42.5 Å². The van der Waals surface area contributed by atoms with Gasteiger partial charge in [0.25, 0.3) is 5.91 Å². The summed E-state index contributed by atoms with van der Waals surface area (Å²) < 4.78 is 5.14. The molecule has 0 aromatic heterocycles. The van der Waals surface area contributed by atoms with Gasteiger partial charge in [0.1, 0.15) is 5.75 Å². The Morgan fingerprint density at radius 2 is 2.00 bits per heavy atom. The molecule has 0 spiro atoms. The first-order valence-electron chi connectivity index (χ1n) is 7.16. The van der Waals surface area contributed by atoms with Gasteiger partial charge in [-0.1, -0.05) is 12.1 Å². The smallest absolute Gasteiger partial charge is 0.254 e. The predicted octanol–water partition coefficient (Wildman–Crippen LogP) is 2.77. The molecule has 2 aromatic rings. The number of hydrogen-bond donors (Lipinski definition) is 0. The van der Waals surface area contributed by atoms with Crippen LogP contribution in [0.4, 0.5) is 0 Å². The van der Waals surface area contributed by atoms with Crippen LogP contribution in [0.25, 0.3) is 0 Å². The third-order valence-electron chi connectivity index (χ3n) is 3.94. The molecule has 22 heavy (non-hydrogen) atoms. The first-order chi connectivity index (χ1) is 10.7. The van der Waals surface area contributed by atoms with Crippen molar-refractivity contribution in [2.24, 2.45) is 0 Å². The topological polar surface area (TPSA) is 53.3 Å². The molecule has 1 amide bonds. The maximum atomic E-state index is 12.3. The number of ether oxygens (including phenoxy) is 1. The van der Waals surface area contributed by atoms with E-state index in [1.807, 2.05) is 29.2 Å². The third kappa shape index (κ3) is 2.66. The molecule has 110 valence electrons. The molecule has 3 rings (SSSR count). The minimum Gasteiger partial charge on any atom is -0.497 e. The van der Waals surface area contributed by atoms with Gasteiger partial charge in [-0.15, -0.1) is 0 Å². The highest BCUT2D eigenvalue weighted by Gasteiger charge is 2.26. The maximum Gasteiger partial charge on any atom is 0.254 e. The molecule has 0 atom stereocenters. The molecule has 0 unspecified atom stereocenters. The van der Waals surface area contributed by atoms with Crippen molar-refractivity contribution < 1.29 is 9.53 Å². The summed E-state index contributed by atoms with van der Waals surface area (Å²) >= 11 is 0. The van der Waals surface area contributed by atoms with E-state index in [9.17, 15) is 4.79 Å². The van der Waals surface area contributed by atoms with E-state index in [0.717, 1.165) is 17.7 Å². The summed E-state index contributed by atoms with van der Waals surface area (Å²) in [7, 11) is 1.64. The van der Waals surface area contributed by atoms with Gasteiger partial charge in [-0.25, -0.2) is 0 Å². The summed E-state index contributed by atoms with van der Waals surface area (Å²) in [6, 6.07) is 15.3. The molecule has 0 saturated carbocycles. The number of methoxy groups -OCH3 is 1. The van der Waals surface area contributed by atoms with E-state index in [2.05, 4.69) is 6.07 Å². The largest absolute Gasteiger partial charge is 0.497 e. The van der Waals surface area contributed by atoms with E-state index in [-0.39, 0.29) is 5.91 Å². The molecule has 0 N–H and O–H groups in total. The molecule has 0 fully saturated rings. The maximum absolute atomic E-state index is 12.3. The van der Waals surface area contributed by atoms with Gasteiger partial charge in [-0.05, 0) is 47.9 Å². The number of rotatable bonds is 4. The molecular weight excluding hydrogens is 276 g/mol. The highest BCUT2D eigenvalue weighted by atomic mass is 16.5. The van der Waals surface area contributed by atoms with Crippen LogP contribution >= 0.6 is 0 Å². The standard InChI is InChI=1S/C18H16N2O2/c1-22-16-5-2-13(3-6-16)8-9-20-12-15-10-14(11-19)4-7-17(15)18(20)21/h2-7,10H,8-9,12H2,1H3. The molecule has 0 aliphatic carbocycles. The molecule has 1 aliphatic heterocycles. The number of benzene rings is 2. The van der Waals surface area contributed by atoms with Crippen molar-refractivity contribution in [3.63, 3.8) is 0 Å². The van der Waals surface area contributed by atoms with E-state index < -0.39 is 0 Å². The van der Waals surface area contributed by atoms with Crippen molar-refractivity contribution in [1.82, 2.24) is 4.90 Å². The Morgan fingerprint density at radius 3 is 2.68 bits per heavy atom. The van der Waals surface area contributed by atoms with Crippen LogP contribution in [0.1, 0.15) is 27.0 Å². The highest BCUT2D eigenvalue weighted by Crippen LogP contribution is 2.24. The van der Waals surface area contributed by atoms with Crippen molar-refractivity contribution in [2.45, 2.75) is 13.0 Å². The fourth-order valence-electron chi connectivity index (χ4n) is 2.69.